The van der Waals surface area contributed by atoms with Crippen molar-refractivity contribution in [2.75, 3.05) is 5.43 Å². The summed E-state index contributed by atoms with van der Waals surface area (Å²) in [5.41, 5.74) is 7.57. The maximum Gasteiger partial charge on any atom is 0.279 e. The van der Waals surface area contributed by atoms with Gasteiger partial charge in [0.25, 0.3) is 5.91 Å². The van der Waals surface area contributed by atoms with Gasteiger partial charge in [-0.25, -0.2) is 0 Å². The minimum Gasteiger partial charge on any atom is -0.298 e. The molecule has 0 saturated heterocycles. The van der Waals surface area contributed by atoms with Crippen LogP contribution in [0.1, 0.15) is 15.2 Å². The van der Waals surface area contributed by atoms with Crippen LogP contribution < -0.4 is 10.9 Å². The Morgan fingerprint density at radius 1 is 1.19 bits per heavy atom. The van der Waals surface area contributed by atoms with E-state index in [2.05, 4.69) is 10.9 Å². The van der Waals surface area contributed by atoms with Crippen molar-refractivity contribution in [3.8, 4) is 0 Å². The number of amides is 1. The summed E-state index contributed by atoms with van der Waals surface area (Å²) < 4.78 is 0. The van der Waals surface area contributed by atoms with Crippen LogP contribution in [0.2, 0.25) is 0 Å². The number of rotatable bonds is 3. The predicted octanol–water partition coefficient (Wildman–Crippen LogP) is 2.81. The molecule has 0 aliphatic rings. The Kier molecular flexibility index (Phi) is 3.22. The normalized spacial score (nSPS) is 9.81. The van der Waals surface area contributed by atoms with Crippen molar-refractivity contribution >= 4 is 22.9 Å². The summed E-state index contributed by atoms with van der Waals surface area (Å²) in [5.74, 6) is -0.113. The molecular weight excluding hydrogens is 220 g/mol. The van der Waals surface area contributed by atoms with Gasteiger partial charge >= 0.3 is 0 Å². The molecule has 0 radical (unpaired) electrons. The summed E-state index contributed by atoms with van der Waals surface area (Å²) in [4.78, 5) is 12.3. The Morgan fingerprint density at radius 2 is 2.00 bits per heavy atom. The highest BCUT2D eigenvalue weighted by atomic mass is 32.1. The molecular formula is C12H12N2OS. The van der Waals surface area contributed by atoms with Crippen LogP contribution in [0.4, 0.5) is 5.69 Å². The van der Waals surface area contributed by atoms with Gasteiger partial charge in [0.1, 0.15) is 0 Å². The lowest BCUT2D eigenvalue weighted by molar-refractivity contribution is 0.0966. The molecule has 1 heterocycles. The minimum atomic E-state index is -0.113. The predicted molar refractivity (Wildman–Crippen MR) is 66.6 cm³/mol. The molecule has 1 amide bonds. The first-order valence-electron chi connectivity index (χ1n) is 4.93. The van der Waals surface area contributed by atoms with E-state index >= 15 is 0 Å². The molecule has 1 aromatic heterocycles. The van der Waals surface area contributed by atoms with E-state index in [0.717, 1.165) is 11.3 Å². The van der Waals surface area contributed by atoms with E-state index in [9.17, 15) is 4.79 Å². The Balaban J connectivity index is 1.98. The van der Waals surface area contributed by atoms with Crippen LogP contribution in [0.25, 0.3) is 0 Å². The van der Waals surface area contributed by atoms with Gasteiger partial charge in [0.2, 0.25) is 0 Å². The highest BCUT2D eigenvalue weighted by Crippen LogP contribution is 2.12. The molecule has 0 atom stereocenters. The van der Waals surface area contributed by atoms with Crippen molar-refractivity contribution in [1.82, 2.24) is 5.43 Å². The van der Waals surface area contributed by atoms with Crippen molar-refractivity contribution in [3.63, 3.8) is 0 Å². The standard InChI is InChI=1S/C12H12N2OS/c1-9-5-2-3-6-10(9)13-14-12(15)11-7-4-8-16-11/h2-8,13H,1H3,(H,14,15). The largest absolute Gasteiger partial charge is 0.298 e. The Bertz CT molecular complexity index is 480. The van der Waals surface area contributed by atoms with E-state index in [1.165, 1.54) is 11.3 Å². The smallest absolute Gasteiger partial charge is 0.279 e. The van der Waals surface area contributed by atoms with Crippen LogP contribution >= 0.6 is 11.3 Å². The zero-order valence-electron chi connectivity index (χ0n) is 8.86. The Hall–Kier alpha value is -1.81. The van der Waals surface area contributed by atoms with E-state index in [1.54, 1.807) is 6.07 Å². The fourth-order valence-electron chi connectivity index (χ4n) is 1.31. The lowest BCUT2D eigenvalue weighted by Crippen LogP contribution is -2.28. The number of thiophene rings is 1. The van der Waals surface area contributed by atoms with Crippen LogP contribution in [0.3, 0.4) is 0 Å². The van der Waals surface area contributed by atoms with Gasteiger partial charge in [0.15, 0.2) is 0 Å². The molecule has 2 rings (SSSR count). The number of anilines is 1. The SMILES string of the molecule is Cc1ccccc1NNC(=O)c1cccs1. The summed E-state index contributed by atoms with van der Waals surface area (Å²) in [7, 11) is 0. The lowest BCUT2D eigenvalue weighted by atomic mass is 10.2. The highest BCUT2D eigenvalue weighted by molar-refractivity contribution is 7.12. The number of hydrogen-bond donors (Lipinski definition) is 2. The number of carbonyl (C=O) groups is 1. The van der Waals surface area contributed by atoms with Gasteiger partial charge in [0.05, 0.1) is 10.6 Å². The molecule has 0 aliphatic carbocycles. The third kappa shape index (κ3) is 2.41. The second-order valence-electron chi connectivity index (χ2n) is 3.37. The molecule has 0 bridgehead atoms. The van der Waals surface area contributed by atoms with Crippen LogP contribution in [-0.2, 0) is 0 Å². The number of benzene rings is 1. The van der Waals surface area contributed by atoms with Crippen molar-refractivity contribution in [2.24, 2.45) is 0 Å². The molecule has 3 nitrogen and oxygen atoms in total. The van der Waals surface area contributed by atoms with Crippen LogP contribution in [0.5, 0.6) is 0 Å². The maximum absolute atomic E-state index is 11.6. The van der Waals surface area contributed by atoms with E-state index in [0.29, 0.717) is 4.88 Å². The monoisotopic (exact) mass is 232 g/mol. The van der Waals surface area contributed by atoms with Crippen LogP contribution in [0, 0.1) is 6.92 Å². The molecule has 2 aromatic rings. The Morgan fingerprint density at radius 3 is 2.69 bits per heavy atom. The summed E-state index contributed by atoms with van der Waals surface area (Å²) in [6, 6.07) is 11.4. The third-order valence-electron chi connectivity index (χ3n) is 2.20. The van der Waals surface area contributed by atoms with Crippen LogP contribution in [0.15, 0.2) is 41.8 Å². The molecule has 4 heteroatoms. The summed E-state index contributed by atoms with van der Waals surface area (Å²) in [5, 5.41) is 1.88. The molecule has 2 N–H and O–H groups in total. The average molecular weight is 232 g/mol. The van der Waals surface area contributed by atoms with Crippen molar-refractivity contribution in [1.29, 1.82) is 0 Å². The Labute approximate surface area is 98.1 Å². The maximum atomic E-state index is 11.6. The fourth-order valence-corrected chi connectivity index (χ4v) is 1.93. The first kappa shape index (κ1) is 10.7. The van der Waals surface area contributed by atoms with Gasteiger partial charge in [-0.1, -0.05) is 24.3 Å². The van der Waals surface area contributed by atoms with Gasteiger partial charge < -0.3 is 0 Å². The van der Waals surface area contributed by atoms with Crippen molar-refractivity contribution in [3.05, 3.63) is 52.2 Å². The first-order valence-corrected chi connectivity index (χ1v) is 5.81. The molecule has 0 fully saturated rings. The van der Waals surface area contributed by atoms with E-state index in [1.807, 2.05) is 42.6 Å². The average Bonchev–Trinajstić information content (AvgIpc) is 2.81. The molecule has 0 spiro atoms. The minimum absolute atomic E-state index is 0.113. The number of nitrogens with one attached hydrogen (secondary N) is 2. The number of para-hydroxylation sites is 1. The van der Waals surface area contributed by atoms with Gasteiger partial charge in [-0.3, -0.25) is 15.6 Å². The van der Waals surface area contributed by atoms with E-state index < -0.39 is 0 Å². The van der Waals surface area contributed by atoms with Crippen molar-refractivity contribution < 1.29 is 4.79 Å². The number of carbonyl (C=O) groups excluding carboxylic acids is 1. The van der Waals surface area contributed by atoms with Gasteiger partial charge in [-0.05, 0) is 30.0 Å². The lowest BCUT2D eigenvalue weighted by Gasteiger charge is -2.09. The zero-order valence-corrected chi connectivity index (χ0v) is 9.67. The second kappa shape index (κ2) is 4.81. The summed E-state index contributed by atoms with van der Waals surface area (Å²) in [6.45, 7) is 1.99. The topological polar surface area (TPSA) is 41.1 Å². The molecule has 16 heavy (non-hydrogen) atoms. The zero-order chi connectivity index (χ0) is 11.4. The van der Waals surface area contributed by atoms with E-state index in [4.69, 9.17) is 0 Å². The molecule has 0 aliphatic heterocycles. The number of aryl methyl sites for hydroxylation is 1. The van der Waals surface area contributed by atoms with Crippen LogP contribution in [-0.4, -0.2) is 5.91 Å². The number of hydrogen-bond acceptors (Lipinski definition) is 3. The first-order chi connectivity index (χ1) is 7.77. The van der Waals surface area contributed by atoms with Gasteiger partial charge in [-0.2, -0.15) is 0 Å². The van der Waals surface area contributed by atoms with Gasteiger partial charge in [-0.15, -0.1) is 11.3 Å². The van der Waals surface area contributed by atoms with E-state index in [-0.39, 0.29) is 5.91 Å². The third-order valence-corrected chi connectivity index (χ3v) is 3.07. The molecule has 1 aromatic carbocycles. The summed E-state index contributed by atoms with van der Waals surface area (Å²) >= 11 is 1.42. The molecule has 0 unspecified atom stereocenters. The van der Waals surface area contributed by atoms with Crippen molar-refractivity contribution in [2.45, 2.75) is 6.92 Å². The second-order valence-corrected chi connectivity index (χ2v) is 4.32. The van der Waals surface area contributed by atoms with Gasteiger partial charge in [0, 0.05) is 0 Å². The molecule has 82 valence electrons. The molecule has 0 saturated carbocycles. The highest BCUT2D eigenvalue weighted by Gasteiger charge is 2.05. The number of hydrazine groups is 1. The quantitative estimate of drug-likeness (QED) is 0.799. The fraction of sp³-hybridized carbons (Fsp3) is 0.0833. The summed E-state index contributed by atoms with van der Waals surface area (Å²) in [6.07, 6.45) is 0.